The number of hydrogen-bond acceptors (Lipinski definition) is 7. The fourth-order valence-corrected chi connectivity index (χ4v) is 4.72. The maximum absolute atomic E-state index is 12.8. The van der Waals surface area contributed by atoms with E-state index in [2.05, 4.69) is 47.3 Å². The molecule has 1 N–H and O–H groups in total. The maximum atomic E-state index is 12.8. The number of thioether (sulfide) groups is 1. The van der Waals surface area contributed by atoms with Crippen molar-refractivity contribution in [3.05, 3.63) is 79.9 Å². The Kier molecular flexibility index (Phi) is 7.35. The average molecular weight is 592 g/mol. The number of halogens is 2. The molecule has 7 nitrogen and oxygen atoms in total. The van der Waals surface area contributed by atoms with Crippen molar-refractivity contribution in [2.75, 3.05) is 17.7 Å². The lowest BCUT2D eigenvalue weighted by Crippen LogP contribution is -2.29. The number of Topliss-reactive ketones (excluding diaryl/α,β-unsaturated/α-hetero) is 1. The Labute approximate surface area is 212 Å². The normalized spacial score (nSPS) is 15.1. The number of anilines is 1. The third-order valence-corrected chi connectivity index (χ3v) is 6.91. The Morgan fingerprint density at radius 2 is 1.73 bits per heavy atom. The van der Waals surface area contributed by atoms with Gasteiger partial charge in [0, 0.05) is 20.2 Å². The van der Waals surface area contributed by atoms with Gasteiger partial charge in [-0.2, -0.15) is 4.98 Å². The van der Waals surface area contributed by atoms with E-state index >= 15 is 0 Å². The monoisotopic (exact) mass is 590 g/mol. The highest BCUT2D eigenvalue weighted by Crippen LogP contribution is 2.37. The number of aromatic nitrogens is 3. The van der Waals surface area contributed by atoms with Crippen molar-refractivity contribution in [3.63, 3.8) is 0 Å². The fourth-order valence-electron chi connectivity index (χ4n) is 3.47. The predicted molar refractivity (Wildman–Crippen MR) is 134 cm³/mol. The van der Waals surface area contributed by atoms with E-state index in [0.717, 1.165) is 14.5 Å². The molecule has 10 heteroatoms. The third kappa shape index (κ3) is 5.23. The Balaban J connectivity index is 1.63. The van der Waals surface area contributed by atoms with Gasteiger partial charge in [0.05, 0.1) is 17.9 Å². The Bertz CT molecular complexity index is 1220. The van der Waals surface area contributed by atoms with Crippen LogP contribution in [0.3, 0.4) is 0 Å². The van der Waals surface area contributed by atoms with Crippen LogP contribution in [0.4, 0.5) is 5.95 Å². The summed E-state index contributed by atoms with van der Waals surface area (Å²) in [7, 11) is 0. The van der Waals surface area contributed by atoms with E-state index in [1.807, 2.05) is 43.3 Å². The van der Waals surface area contributed by atoms with E-state index < -0.39 is 12.0 Å². The summed E-state index contributed by atoms with van der Waals surface area (Å²) < 4.78 is 8.85. The predicted octanol–water partition coefficient (Wildman–Crippen LogP) is 5.63. The number of rotatable bonds is 7. The zero-order valence-electron chi connectivity index (χ0n) is 17.8. The molecular weight excluding hydrogens is 572 g/mol. The lowest BCUT2D eigenvalue weighted by molar-refractivity contribution is -0.139. The van der Waals surface area contributed by atoms with Gasteiger partial charge in [0.1, 0.15) is 6.04 Å². The summed E-state index contributed by atoms with van der Waals surface area (Å²) in [5.74, 6) is 0.285. The molecule has 0 aliphatic carbocycles. The van der Waals surface area contributed by atoms with E-state index in [-0.39, 0.29) is 18.1 Å². The Morgan fingerprint density at radius 1 is 1.09 bits per heavy atom. The minimum absolute atomic E-state index is 0.0146. The second-order valence-corrected chi connectivity index (χ2v) is 9.99. The van der Waals surface area contributed by atoms with E-state index in [1.165, 1.54) is 11.8 Å². The summed E-state index contributed by atoms with van der Waals surface area (Å²) >= 11 is 8.09. The zero-order chi connectivity index (χ0) is 23.5. The van der Waals surface area contributed by atoms with Crippen molar-refractivity contribution < 1.29 is 14.3 Å². The number of fused-ring (bicyclic) bond motifs is 1. The summed E-state index contributed by atoms with van der Waals surface area (Å²) in [6, 6.07) is 14.4. The molecule has 1 aliphatic heterocycles. The molecule has 170 valence electrons. The van der Waals surface area contributed by atoms with Gasteiger partial charge in [0.15, 0.2) is 5.78 Å². The number of ether oxygens (including phenoxy) is 1. The van der Waals surface area contributed by atoms with Gasteiger partial charge in [-0.15, -0.1) is 5.10 Å². The van der Waals surface area contributed by atoms with Crippen LogP contribution in [0, 0.1) is 0 Å². The SMILES string of the molecule is CCOC(=O)C1=C(C)Nc2nc(SCC(=O)c3ccc(Br)cc3)nn2[C@H]1c1ccc(Br)cc1. The first kappa shape index (κ1) is 23.7. The quantitative estimate of drug-likeness (QED) is 0.216. The number of esters is 1. The van der Waals surface area contributed by atoms with E-state index in [9.17, 15) is 9.59 Å². The van der Waals surface area contributed by atoms with Gasteiger partial charge < -0.3 is 10.1 Å². The first-order valence-corrected chi connectivity index (χ1v) is 12.7. The van der Waals surface area contributed by atoms with Crippen LogP contribution in [0.25, 0.3) is 0 Å². The maximum Gasteiger partial charge on any atom is 0.338 e. The van der Waals surface area contributed by atoms with Crippen LogP contribution >= 0.6 is 43.6 Å². The molecule has 0 saturated carbocycles. The van der Waals surface area contributed by atoms with Crippen LogP contribution in [0.1, 0.15) is 35.8 Å². The molecule has 2 aromatic carbocycles. The molecule has 0 amide bonds. The van der Waals surface area contributed by atoms with Gasteiger partial charge in [-0.05, 0) is 43.7 Å². The van der Waals surface area contributed by atoms with Gasteiger partial charge >= 0.3 is 5.97 Å². The summed E-state index contributed by atoms with van der Waals surface area (Å²) in [5.41, 5.74) is 2.63. The van der Waals surface area contributed by atoms with Crippen molar-refractivity contribution in [1.29, 1.82) is 0 Å². The zero-order valence-corrected chi connectivity index (χ0v) is 21.8. The molecule has 0 unspecified atom stereocenters. The van der Waals surface area contributed by atoms with Crippen molar-refractivity contribution in [2.24, 2.45) is 0 Å². The number of carbonyl (C=O) groups is 2. The smallest absolute Gasteiger partial charge is 0.338 e. The minimum atomic E-state index is -0.502. The number of nitrogens with one attached hydrogen (secondary N) is 1. The highest BCUT2D eigenvalue weighted by Gasteiger charge is 2.35. The molecule has 0 fully saturated rings. The Morgan fingerprint density at radius 3 is 2.36 bits per heavy atom. The largest absolute Gasteiger partial charge is 0.463 e. The number of ketones is 1. The molecular formula is C23H20Br2N4O3S. The van der Waals surface area contributed by atoms with Gasteiger partial charge in [-0.3, -0.25) is 4.79 Å². The highest BCUT2D eigenvalue weighted by molar-refractivity contribution is 9.10. The molecule has 0 radical (unpaired) electrons. The molecule has 2 heterocycles. The second kappa shape index (κ2) is 10.2. The number of carbonyl (C=O) groups excluding carboxylic acids is 2. The van der Waals surface area contributed by atoms with Crippen LogP contribution in [0.15, 0.2) is 73.9 Å². The molecule has 1 atom stereocenters. The van der Waals surface area contributed by atoms with Crippen LogP contribution in [0.2, 0.25) is 0 Å². The second-order valence-electron chi connectivity index (χ2n) is 7.22. The Hall–Kier alpha value is -2.43. The molecule has 1 aliphatic rings. The molecule has 1 aromatic heterocycles. The topological polar surface area (TPSA) is 86.1 Å². The van der Waals surface area contributed by atoms with E-state index in [4.69, 9.17) is 4.74 Å². The van der Waals surface area contributed by atoms with Gasteiger partial charge in [0.25, 0.3) is 0 Å². The fraction of sp³-hybridized carbons (Fsp3) is 0.217. The van der Waals surface area contributed by atoms with Gasteiger partial charge in [0.2, 0.25) is 11.1 Å². The minimum Gasteiger partial charge on any atom is -0.463 e. The number of hydrogen-bond donors (Lipinski definition) is 1. The number of nitrogens with zero attached hydrogens (tertiary/aromatic N) is 3. The number of allylic oxidation sites excluding steroid dienone is 1. The first-order valence-electron chi connectivity index (χ1n) is 10.2. The summed E-state index contributed by atoms with van der Waals surface area (Å²) in [6.07, 6.45) is 0. The van der Waals surface area contributed by atoms with Crippen LogP contribution < -0.4 is 5.32 Å². The third-order valence-electron chi connectivity index (χ3n) is 5.01. The van der Waals surface area contributed by atoms with E-state index in [1.54, 1.807) is 23.7 Å². The molecule has 4 rings (SSSR count). The molecule has 0 spiro atoms. The summed E-state index contributed by atoms with van der Waals surface area (Å²) in [5, 5.41) is 8.24. The van der Waals surface area contributed by atoms with E-state index in [0.29, 0.717) is 27.9 Å². The molecule has 0 bridgehead atoms. The van der Waals surface area contributed by atoms with Crippen LogP contribution in [-0.2, 0) is 9.53 Å². The van der Waals surface area contributed by atoms with Gasteiger partial charge in [-0.1, -0.05) is 67.9 Å². The summed E-state index contributed by atoms with van der Waals surface area (Å²) in [6.45, 7) is 3.86. The summed E-state index contributed by atoms with van der Waals surface area (Å²) in [4.78, 5) is 30.0. The highest BCUT2D eigenvalue weighted by atomic mass is 79.9. The van der Waals surface area contributed by atoms with Crippen molar-refractivity contribution in [1.82, 2.24) is 14.8 Å². The molecule has 3 aromatic rings. The average Bonchev–Trinajstić information content (AvgIpc) is 3.20. The number of benzene rings is 2. The van der Waals surface area contributed by atoms with Gasteiger partial charge in [-0.25, -0.2) is 9.48 Å². The molecule has 0 saturated heterocycles. The van der Waals surface area contributed by atoms with Crippen LogP contribution in [-0.4, -0.2) is 38.9 Å². The van der Waals surface area contributed by atoms with Crippen LogP contribution in [0.5, 0.6) is 0 Å². The lowest BCUT2D eigenvalue weighted by atomic mass is 9.96. The first-order chi connectivity index (χ1) is 15.9. The van der Waals surface area contributed by atoms with Crippen molar-refractivity contribution >= 4 is 61.3 Å². The lowest BCUT2D eigenvalue weighted by Gasteiger charge is -2.28. The van der Waals surface area contributed by atoms with Crippen molar-refractivity contribution in [3.8, 4) is 0 Å². The van der Waals surface area contributed by atoms with Crippen molar-refractivity contribution in [2.45, 2.75) is 25.0 Å². The molecule has 33 heavy (non-hydrogen) atoms. The standard InChI is InChI=1S/C23H20Br2N4O3S/c1-3-32-21(31)19-13(2)26-22-27-23(33-12-18(30)14-4-8-16(24)9-5-14)28-29(22)20(19)15-6-10-17(25)11-7-15/h4-11,20H,3,12H2,1-2H3,(H,26,27,28)/t20-/m0/s1.